The molecule has 0 aromatic rings. The van der Waals surface area contributed by atoms with E-state index >= 15 is 0 Å². The molecule has 0 aliphatic heterocycles. The molecule has 0 heterocycles. The van der Waals surface area contributed by atoms with Crippen LogP contribution in [0.2, 0.25) is 18.1 Å². The Morgan fingerprint density at radius 1 is 0.875 bits per heavy atom. The predicted molar refractivity (Wildman–Crippen MR) is 40.8 cm³/mol. The van der Waals surface area contributed by atoms with Crippen LogP contribution >= 0.6 is 0 Å². The lowest BCUT2D eigenvalue weighted by atomic mass is 10.9. The van der Waals surface area contributed by atoms with Gasteiger partial charge in [-0.05, 0) is 0 Å². The molecule has 0 atom stereocenters. The third-order valence-corrected chi connectivity index (χ3v) is 4.50. The third-order valence-electron chi connectivity index (χ3n) is 1.50. The van der Waals surface area contributed by atoms with Crippen molar-refractivity contribution < 1.29 is 5.48 Å². The van der Waals surface area contributed by atoms with E-state index in [-0.39, 0.29) is 14.3 Å². The van der Waals surface area contributed by atoms with Gasteiger partial charge in [0.15, 0.2) is 0 Å². The highest BCUT2D eigenvalue weighted by Gasteiger charge is 1.98. The van der Waals surface area contributed by atoms with Gasteiger partial charge in [0, 0.05) is 8.80 Å². The molecule has 2 N–H and O–H groups in total. The molecule has 0 saturated heterocycles. The van der Waals surface area contributed by atoms with Crippen LogP contribution in [0.4, 0.5) is 0 Å². The molecule has 0 spiro atoms. The standard InChI is InChI=1S/C6H15Si.H2O/c1-4-7(5-2)6-3;/h4-6H2,1-3H3;1H2. The van der Waals surface area contributed by atoms with Gasteiger partial charge in [0.05, 0.1) is 0 Å². The first-order chi connectivity index (χ1) is 3.35. The summed E-state index contributed by atoms with van der Waals surface area (Å²) in [4.78, 5) is 0. The summed E-state index contributed by atoms with van der Waals surface area (Å²) in [6.45, 7) is 6.92. The fraction of sp³-hybridized carbons (Fsp3) is 1.00. The fourth-order valence-corrected chi connectivity index (χ4v) is 2.25. The Bertz CT molecular complexity index is 30.0. The summed E-state index contributed by atoms with van der Waals surface area (Å²) >= 11 is 0. The van der Waals surface area contributed by atoms with Crippen molar-refractivity contribution in [2.24, 2.45) is 0 Å². The second-order valence-electron chi connectivity index (χ2n) is 1.81. The van der Waals surface area contributed by atoms with Gasteiger partial charge in [0.2, 0.25) is 0 Å². The Labute approximate surface area is 54.0 Å². The molecular weight excluding hydrogens is 116 g/mol. The van der Waals surface area contributed by atoms with E-state index in [1.165, 1.54) is 18.1 Å². The van der Waals surface area contributed by atoms with Gasteiger partial charge in [0.1, 0.15) is 0 Å². The number of hydrogen-bond donors (Lipinski definition) is 0. The van der Waals surface area contributed by atoms with E-state index in [1.54, 1.807) is 0 Å². The molecule has 0 fully saturated rings. The first kappa shape index (κ1) is 11.0. The molecule has 8 heavy (non-hydrogen) atoms. The smallest absolute Gasteiger partial charge is 0.0470 e. The maximum atomic E-state index is 2.31. The summed E-state index contributed by atoms with van der Waals surface area (Å²) in [5.74, 6) is 0. The number of rotatable bonds is 3. The zero-order valence-electron chi connectivity index (χ0n) is 6.12. The monoisotopic (exact) mass is 133 g/mol. The summed E-state index contributed by atoms with van der Waals surface area (Å²) in [5.41, 5.74) is 0. The van der Waals surface area contributed by atoms with Gasteiger partial charge in [-0.15, -0.1) is 0 Å². The van der Waals surface area contributed by atoms with Crippen LogP contribution in [-0.2, 0) is 0 Å². The topological polar surface area (TPSA) is 31.5 Å². The largest absolute Gasteiger partial charge is 0.412 e. The molecule has 0 unspecified atom stereocenters. The van der Waals surface area contributed by atoms with Crippen LogP contribution in [0.1, 0.15) is 20.8 Å². The first-order valence-corrected chi connectivity index (χ1v) is 5.30. The van der Waals surface area contributed by atoms with Crippen LogP contribution in [0.15, 0.2) is 0 Å². The molecule has 0 aromatic carbocycles. The van der Waals surface area contributed by atoms with Gasteiger partial charge < -0.3 is 5.48 Å². The minimum atomic E-state index is 0. The Balaban J connectivity index is 0. The lowest BCUT2D eigenvalue weighted by Gasteiger charge is -2.02. The van der Waals surface area contributed by atoms with E-state index in [0.29, 0.717) is 0 Å². The Morgan fingerprint density at radius 3 is 1.12 bits per heavy atom. The van der Waals surface area contributed by atoms with Gasteiger partial charge in [-0.1, -0.05) is 38.9 Å². The molecule has 51 valence electrons. The Morgan fingerprint density at radius 2 is 1.12 bits per heavy atom. The Hall–Kier alpha value is 0.177. The van der Waals surface area contributed by atoms with Crippen LogP contribution in [0.3, 0.4) is 0 Å². The van der Waals surface area contributed by atoms with E-state index in [1.807, 2.05) is 0 Å². The average molecular weight is 133 g/mol. The quantitative estimate of drug-likeness (QED) is 0.525. The van der Waals surface area contributed by atoms with Gasteiger partial charge in [-0.3, -0.25) is 0 Å². The molecule has 0 rings (SSSR count). The Kier molecular flexibility index (Phi) is 9.90. The van der Waals surface area contributed by atoms with E-state index in [0.717, 1.165) is 0 Å². The first-order valence-electron chi connectivity index (χ1n) is 3.18. The summed E-state index contributed by atoms with van der Waals surface area (Å²) in [7, 11) is 0.137. The molecule has 0 saturated carbocycles. The molecule has 0 aliphatic carbocycles. The minimum absolute atomic E-state index is 0. The molecular formula is C6H17OSi. The van der Waals surface area contributed by atoms with E-state index < -0.39 is 0 Å². The van der Waals surface area contributed by atoms with Crippen molar-refractivity contribution in [1.82, 2.24) is 0 Å². The zero-order valence-corrected chi connectivity index (χ0v) is 7.12. The number of hydrogen-bond acceptors (Lipinski definition) is 0. The molecule has 0 bridgehead atoms. The lowest BCUT2D eigenvalue weighted by molar-refractivity contribution is 0.824. The fourth-order valence-electron chi connectivity index (χ4n) is 0.750. The molecule has 0 aliphatic rings. The third kappa shape index (κ3) is 4.34. The second kappa shape index (κ2) is 7.18. The van der Waals surface area contributed by atoms with Crippen LogP contribution in [0.5, 0.6) is 0 Å². The van der Waals surface area contributed by atoms with Crippen molar-refractivity contribution in [2.75, 3.05) is 0 Å². The molecule has 2 heteroatoms. The zero-order chi connectivity index (χ0) is 5.70. The SMILES string of the molecule is CC[Si](CC)CC.O. The molecule has 1 nitrogen and oxygen atoms in total. The van der Waals surface area contributed by atoms with Crippen LogP contribution in [0.25, 0.3) is 0 Å². The second-order valence-corrected chi connectivity index (χ2v) is 5.43. The van der Waals surface area contributed by atoms with E-state index in [9.17, 15) is 0 Å². The minimum Gasteiger partial charge on any atom is -0.412 e. The van der Waals surface area contributed by atoms with Crippen molar-refractivity contribution in [3.8, 4) is 0 Å². The van der Waals surface area contributed by atoms with Gasteiger partial charge in [-0.25, -0.2) is 0 Å². The van der Waals surface area contributed by atoms with Gasteiger partial charge in [0.25, 0.3) is 0 Å². The molecule has 0 amide bonds. The van der Waals surface area contributed by atoms with Gasteiger partial charge in [-0.2, -0.15) is 0 Å². The van der Waals surface area contributed by atoms with E-state index in [4.69, 9.17) is 0 Å². The van der Waals surface area contributed by atoms with Gasteiger partial charge >= 0.3 is 0 Å². The summed E-state index contributed by atoms with van der Waals surface area (Å²) < 4.78 is 0. The lowest BCUT2D eigenvalue weighted by Crippen LogP contribution is -2.04. The van der Waals surface area contributed by atoms with Crippen molar-refractivity contribution >= 4 is 8.80 Å². The maximum Gasteiger partial charge on any atom is 0.0470 e. The van der Waals surface area contributed by atoms with Crippen molar-refractivity contribution in [3.05, 3.63) is 0 Å². The maximum absolute atomic E-state index is 2.31. The summed E-state index contributed by atoms with van der Waals surface area (Å²) in [6.07, 6.45) is 0. The average Bonchev–Trinajstić information content (AvgIpc) is 1.72. The van der Waals surface area contributed by atoms with Crippen LogP contribution in [0, 0.1) is 0 Å². The summed E-state index contributed by atoms with van der Waals surface area (Å²) in [6, 6.07) is 4.37. The normalized spacial score (nSPS) is 9.00. The van der Waals surface area contributed by atoms with Crippen LogP contribution < -0.4 is 0 Å². The van der Waals surface area contributed by atoms with Crippen LogP contribution in [-0.4, -0.2) is 14.3 Å². The highest BCUT2D eigenvalue weighted by atomic mass is 28.3. The predicted octanol–water partition coefficient (Wildman–Crippen LogP) is 1.72. The molecule has 1 radical (unpaired) electrons. The van der Waals surface area contributed by atoms with E-state index in [2.05, 4.69) is 20.8 Å². The van der Waals surface area contributed by atoms with Crippen molar-refractivity contribution in [3.63, 3.8) is 0 Å². The highest BCUT2D eigenvalue weighted by Crippen LogP contribution is 2.01. The molecule has 0 aromatic heterocycles. The highest BCUT2D eigenvalue weighted by molar-refractivity contribution is 6.58. The van der Waals surface area contributed by atoms with Crippen molar-refractivity contribution in [1.29, 1.82) is 0 Å². The summed E-state index contributed by atoms with van der Waals surface area (Å²) in [5, 5.41) is 0. The van der Waals surface area contributed by atoms with Crippen molar-refractivity contribution in [2.45, 2.75) is 38.9 Å².